The second kappa shape index (κ2) is 16.7. The summed E-state index contributed by atoms with van der Waals surface area (Å²) in [7, 11) is 0. The fourth-order valence-corrected chi connectivity index (χ4v) is 6.30. The lowest BCUT2D eigenvalue weighted by Gasteiger charge is -2.33. The van der Waals surface area contributed by atoms with E-state index in [4.69, 9.17) is 9.47 Å². The molecule has 0 radical (unpaired) electrons. The molecule has 0 aromatic carbocycles. The maximum atomic E-state index is 12.3. The van der Waals surface area contributed by atoms with E-state index in [9.17, 15) is 14.7 Å². The first-order chi connectivity index (χ1) is 17.6. The molecule has 2 N–H and O–H groups in total. The van der Waals surface area contributed by atoms with Crippen LogP contribution < -0.4 is 5.32 Å². The van der Waals surface area contributed by atoms with Gasteiger partial charge in [0, 0.05) is 25.0 Å². The molecule has 6 nitrogen and oxygen atoms in total. The molecule has 0 aliphatic heterocycles. The third-order valence-electron chi connectivity index (χ3n) is 9.00. The lowest BCUT2D eigenvalue weighted by Crippen LogP contribution is -2.43. The summed E-state index contributed by atoms with van der Waals surface area (Å²) >= 11 is 0. The van der Waals surface area contributed by atoms with Crippen LogP contribution in [0.15, 0.2) is 0 Å². The summed E-state index contributed by atoms with van der Waals surface area (Å²) in [5, 5.41) is 12.7. The molecule has 3 rings (SSSR count). The smallest absolute Gasteiger partial charge is 0.311 e. The second-order valence-electron chi connectivity index (χ2n) is 12.5. The van der Waals surface area contributed by atoms with Crippen molar-refractivity contribution in [2.75, 3.05) is 6.61 Å². The average Bonchev–Trinajstić information content (AvgIpc) is 2.90. The molecule has 0 saturated heterocycles. The molecule has 216 valence electrons. The molecule has 3 fully saturated rings. The zero-order chi connectivity index (χ0) is 27.4. The molecule has 3 saturated carbocycles. The Morgan fingerprint density at radius 3 is 1.86 bits per heavy atom. The minimum Gasteiger partial charge on any atom is -0.436 e. The minimum absolute atomic E-state index is 0.0550. The van der Waals surface area contributed by atoms with Crippen molar-refractivity contribution in [1.29, 1.82) is 0 Å². The molecule has 6 heteroatoms. The van der Waals surface area contributed by atoms with Crippen LogP contribution in [0.4, 0.5) is 0 Å². The molecular formula is C31H57NO5. The fourth-order valence-electron chi connectivity index (χ4n) is 6.30. The van der Waals surface area contributed by atoms with Crippen LogP contribution in [0.3, 0.4) is 0 Å². The van der Waals surface area contributed by atoms with Gasteiger partial charge in [0.15, 0.2) is 0 Å². The van der Waals surface area contributed by atoms with Crippen molar-refractivity contribution in [1.82, 2.24) is 5.32 Å². The van der Waals surface area contributed by atoms with Crippen molar-refractivity contribution in [2.45, 2.75) is 143 Å². The molecule has 0 heterocycles. The monoisotopic (exact) mass is 523 g/mol. The fraction of sp³-hybridized carbons (Fsp3) is 0.935. The Hall–Kier alpha value is -1.14. The van der Waals surface area contributed by atoms with Crippen LogP contribution in [0.2, 0.25) is 0 Å². The number of aliphatic hydroxyl groups excluding tert-OH is 1. The number of carbonyl (C=O) groups is 2. The van der Waals surface area contributed by atoms with Crippen molar-refractivity contribution in [3.63, 3.8) is 0 Å². The van der Waals surface area contributed by atoms with Gasteiger partial charge in [-0.15, -0.1) is 0 Å². The van der Waals surface area contributed by atoms with Crippen LogP contribution in [0.5, 0.6) is 0 Å². The number of carbonyl (C=O) groups excluding carboxylic acids is 2. The molecule has 5 atom stereocenters. The highest BCUT2D eigenvalue weighted by molar-refractivity contribution is 5.79. The highest BCUT2D eigenvalue weighted by atomic mass is 16.7. The SMILES string of the molecule is CC(C)C1CCCC(C(=O)NC2CCC(O)CC2)C1.CCOC(CC)OC(=O)C1CCCC(C(C)C)C1. The summed E-state index contributed by atoms with van der Waals surface area (Å²) in [6, 6.07) is 0.301. The van der Waals surface area contributed by atoms with Gasteiger partial charge in [0.1, 0.15) is 0 Å². The number of aliphatic hydroxyl groups is 1. The van der Waals surface area contributed by atoms with E-state index in [2.05, 4.69) is 33.0 Å². The van der Waals surface area contributed by atoms with E-state index in [0.717, 1.165) is 70.1 Å². The number of ether oxygens (including phenoxy) is 2. The van der Waals surface area contributed by atoms with Crippen LogP contribution in [-0.2, 0) is 19.1 Å². The summed E-state index contributed by atoms with van der Waals surface area (Å²) in [6.45, 7) is 13.5. The summed E-state index contributed by atoms with van der Waals surface area (Å²) < 4.78 is 10.8. The number of amides is 1. The molecule has 1 amide bonds. The Labute approximate surface area is 227 Å². The molecule has 0 spiro atoms. The largest absolute Gasteiger partial charge is 0.436 e. The van der Waals surface area contributed by atoms with Crippen LogP contribution in [-0.4, -0.2) is 42.0 Å². The molecule has 0 aromatic rings. The van der Waals surface area contributed by atoms with Gasteiger partial charge >= 0.3 is 5.97 Å². The summed E-state index contributed by atoms with van der Waals surface area (Å²) in [4.78, 5) is 24.5. The van der Waals surface area contributed by atoms with Gasteiger partial charge in [-0.25, -0.2) is 0 Å². The van der Waals surface area contributed by atoms with Crippen LogP contribution >= 0.6 is 0 Å². The molecule has 0 aromatic heterocycles. The van der Waals surface area contributed by atoms with Gasteiger partial charge in [0.25, 0.3) is 0 Å². The minimum atomic E-state index is -0.359. The maximum Gasteiger partial charge on any atom is 0.311 e. The number of rotatable bonds is 9. The summed E-state index contributed by atoms with van der Waals surface area (Å²) in [5.41, 5.74) is 0. The van der Waals surface area contributed by atoms with E-state index in [-0.39, 0.29) is 36.1 Å². The Bertz CT molecular complexity index is 658. The number of hydrogen-bond acceptors (Lipinski definition) is 5. The predicted octanol–water partition coefficient (Wildman–Crippen LogP) is 6.63. The first-order valence-corrected chi connectivity index (χ1v) is 15.4. The quantitative estimate of drug-likeness (QED) is 0.262. The first-order valence-electron chi connectivity index (χ1n) is 15.4. The Kier molecular flexibility index (Phi) is 14.5. The van der Waals surface area contributed by atoms with Crippen LogP contribution in [0, 0.1) is 35.5 Å². The zero-order valence-corrected chi connectivity index (χ0v) is 24.7. The van der Waals surface area contributed by atoms with Crippen molar-refractivity contribution >= 4 is 11.9 Å². The van der Waals surface area contributed by atoms with E-state index < -0.39 is 0 Å². The van der Waals surface area contributed by atoms with Gasteiger partial charge in [-0.2, -0.15) is 0 Å². The topological polar surface area (TPSA) is 84.9 Å². The molecule has 5 unspecified atom stereocenters. The molecule has 37 heavy (non-hydrogen) atoms. The number of hydrogen-bond donors (Lipinski definition) is 2. The first kappa shape index (κ1) is 32.1. The second-order valence-corrected chi connectivity index (χ2v) is 12.5. The summed E-state index contributed by atoms with van der Waals surface area (Å²) in [6.07, 6.45) is 12.7. The van der Waals surface area contributed by atoms with E-state index in [1.165, 1.54) is 19.3 Å². The predicted molar refractivity (Wildman–Crippen MR) is 149 cm³/mol. The molecule has 3 aliphatic rings. The Morgan fingerprint density at radius 2 is 1.35 bits per heavy atom. The van der Waals surface area contributed by atoms with Gasteiger partial charge in [-0.3, -0.25) is 9.59 Å². The highest BCUT2D eigenvalue weighted by Crippen LogP contribution is 2.35. The van der Waals surface area contributed by atoms with E-state index in [1.54, 1.807) is 0 Å². The average molecular weight is 524 g/mol. The standard InChI is InChI=1S/C16H29NO2.C15H28O3/c1-11(2)12-4-3-5-13(10-12)16(19)17-14-6-8-15(18)9-7-14;1-5-14(17-6-2)18-15(16)13-9-7-8-12(10-13)11(3)4/h11-15,18H,3-10H2,1-2H3,(H,17,19);11-14H,5-10H2,1-4H3. The van der Waals surface area contributed by atoms with Gasteiger partial charge in [-0.05, 0) is 82.0 Å². The van der Waals surface area contributed by atoms with Gasteiger partial charge in [-0.1, -0.05) is 60.3 Å². The maximum absolute atomic E-state index is 12.3. The Balaban J connectivity index is 0.000000261. The lowest BCUT2D eigenvalue weighted by atomic mass is 9.76. The normalized spacial score (nSPS) is 31.3. The number of esters is 1. The van der Waals surface area contributed by atoms with Crippen molar-refractivity contribution in [2.24, 2.45) is 35.5 Å². The molecular weight excluding hydrogens is 466 g/mol. The third-order valence-corrected chi connectivity index (χ3v) is 9.00. The zero-order valence-electron chi connectivity index (χ0n) is 24.7. The van der Waals surface area contributed by atoms with Gasteiger partial charge in [0.2, 0.25) is 12.2 Å². The molecule has 0 bridgehead atoms. The third kappa shape index (κ3) is 11.2. The van der Waals surface area contributed by atoms with Crippen LogP contribution in [0.1, 0.15) is 125 Å². The van der Waals surface area contributed by atoms with Gasteiger partial charge in [0.05, 0.1) is 12.0 Å². The van der Waals surface area contributed by atoms with Crippen molar-refractivity contribution in [3.05, 3.63) is 0 Å². The highest BCUT2D eigenvalue weighted by Gasteiger charge is 2.32. The van der Waals surface area contributed by atoms with E-state index in [0.29, 0.717) is 30.4 Å². The summed E-state index contributed by atoms with van der Waals surface area (Å²) in [5.74, 6) is 3.28. The Morgan fingerprint density at radius 1 is 0.811 bits per heavy atom. The van der Waals surface area contributed by atoms with Crippen molar-refractivity contribution < 1.29 is 24.2 Å². The number of nitrogens with one attached hydrogen (secondary N) is 1. The van der Waals surface area contributed by atoms with Gasteiger partial charge < -0.3 is 19.9 Å². The van der Waals surface area contributed by atoms with E-state index >= 15 is 0 Å². The lowest BCUT2D eigenvalue weighted by molar-refractivity contribution is -0.184. The van der Waals surface area contributed by atoms with E-state index in [1.807, 2.05) is 13.8 Å². The molecule has 3 aliphatic carbocycles. The van der Waals surface area contributed by atoms with Crippen LogP contribution in [0.25, 0.3) is 0 Å². The van der Waals surface area contributed by atoms with Crippen molar-refractivity contribution in [3.8, 4) is 0 Å².